The van der Waals surface area contributed by atoms with Gasteiger partial charge in [0.25, 0.3) is 11.8 Å². The van der Waals surface area contributed by atoms with Crippen LogP contribution in [0.4, 0.5) is 11.4 Å². The molecule has 4 heterocycles. The maximum atomic E-state index is 13.7. The van der Waals surface area contributed by atoms with E-state index in [-0.39, 0.29) is 23.9 Å². The Morgan fingerprint density at radius 1 is 0.722 bits per heavy atom. The third kappa shape index (κ3) is 6.71. The first-order valence-corrected chi connectivity index (χ1v) is 18.0. The zero-order valence-electron chi connectivity index (χ0n) is 30.1. The maximum absolute atomic E-state index is 13.7. The Kier molecular flexibility index (Phi) is 9.66. The van der Waals surface area contributed by atoms with Crippen LogP contribution in [0.5, 0.6) is 23.0 Å². The molecule has 0 aliphatic carbocycles. The fraction of sp³-hybridized carbons (Fsp3) is 0.262. The van der Waals surface area contributed by atoms with Crippen molar-refractivity contribution in [2.24, 2.45) is 20.8 Å². The first-order chi connectivity index (χ1) is 26.4. The van der Waals surface area contributed by atoms with Crippen LogP contribution in [0.2, 0.25) is 0 Å². The molecule has 0 bridgehead atoms. The predicted molar refractivity (Wildman–Crippen MR) is 207 cm³/mol. The summed E-state index contributed by atoms with van der Waals surface area (Å²) in [7, 11) is 3.08. The highest BCUT2D eigenvalue weighted by Crippen LogP contribution is 2.41. The molecule has 4 aliphatic heterocycles. The minimum atomic E-state index is -0.305. The summed E-state index contributed by atoms with van der Waals surface area (Å²) < 4.78 is 23.5. The van der Waals surface area contributed by atoms with E-state index in [1.807, 2.05) is 60.9 Å². The van der Waals surface area contributed by atoms with E-state index in [1.165, 1.54) is 12.1 Å². The van der Waals surface area contributed by atoms with Crippen LogP contribution < -0.4 is 24.7 Å². The highest BCUT2D eigenvalue weighted by molar-refractivity contribution is 6.10. The van der Waals surface area contributed by atoms with Crippen molar-refractivity contribution >= 4 is 46.9 Å². The number of fused-ring (bicyclic) bond motifs is 4. The van der Waals surface area contributed by atoms with Crippen LogP contribution in [0, 0.1) is 0 Å². The summed E-state index contributed by atoms with van der Waals surface area (Å²) in [6, 6.07) is 24.5. The fourth-order valence-corrected chi connectivity index (χ4v) is 7.13. The van der Waals surface area contributed by atoms with Gasteiger partial charge in [-0.3, -0.25) is 19.6 Å². The van der Waals surface area contributed by atoms with Gasteiger partial charge < -0.3 is 29.6 Å². The molecule has 0 aromatic heterocycles. The molecule has 4 aliphatic rings. The van der Waals surface area contributed by atoms with Gasteiger partial charge in [0.2, 0.25) is 0 Å². The van der Waals surface area contributed by atoms with Crippen molar-refractivity contribution in [1.29, 1.82) is 0 Å². The van der Waals surface area contributed by atoms with Gasteiger partial charge in [-0.15, -0.1) is 0 Å². The molecule has 0 fully saturated rings. The molecule has 2 amide bonds. The van der Waals surface area contributed by atoms with Gasteiger partial charge in [0, 0.05) is 50.0 Å². The van der Waals surface area contributed by atoms with Crippen molar-refractivity contribution in [3.8, 4) is 23.0 Å². The van der Waals surface area contributed by atoms with E-state index >= 15 is 0 Å². The second-order valence-corrected chi connectivity index (χ2v) is 13.4. The van der Waals surface area contributed by atoms with Gasteiger partial charge >= 0.3 is 0 Å². The lowest BCUT2D eigenvalue weighted by atomic mass is 10.0. The predicted octanol–water partition coefficient (Wildman–Crippen LogP) is 6.36. The number of ether oxygens (including phenoxy) is 4. The average Bonchev–Trinajstić information content (AvgIpc) is 3.78. The van der Waals surface area contributed by atoms with Crippen molar-refractivity contribution < 1.29 is 28.5 Å². The van der Waals surface area contributed by atoms with E-state index in [9.17, 15) is 9.59 Å². The van der Waals surface area contributed by atoms with Gasteiger partial charge in [0.05, 0.1) is 67.7 Å². The van der Waals surface area contributed by atoms with Crippen LogP contribution >= 0.6 is 0 Å². The number of nitrogens with two attached hydrogens (primary N) is 1. The third-order valence-corrected chi connectivity index (χ3v) is 9.91. The van der Waals surface area contributed by atoms with Crippen LogP contribution in [0.15, 0.2) is 100 Å². The van der Waals surface area contributed by atoms with E-state index in [4.69, 9.17) is 34.8 Å². The number of amides is 2. The SMILES string of the molecule is COc1cc2c(cc1OCCCOc1cc3c(cc1OC)C(=O)N1N=C(c4cccc(CCN)c4)C[C@H]1C=N3)N=C[C@@H]1CC(c3ccccc3)=CN1C2=O. The number of carbonyl (C=O) groups is 2. The summed E-state index contributed by atoms with van der Waals surface area (Å²) in [4.78, 5) is 38.5. The van der Waals surface area contributed by atoms with Crippen LogP contribution in [0.1, 0.15) is 56.7 Å². The Labute approximate surface area is 313 Å². The van der Waals surface area contributed by atoms with E-state index in [0.29, 0.717) is 84.5 Å². The molecule has 54 heavy (non-hydrogen) atoms. The topological polar surface area (TPSA) is 141 Å². The zero-order chi connectivity index (χ0) is 37.2. The maximum Gasteiger partial charge on any atom is 0.276 e. The lowest BCUT2D eigenvalue weighted by Gasteiger charge is -2.19. The normalized spacial score (nSPS) is 18.2. The summed E-state index contributed by atoms with van der Waals surface area (Å²) in [6.45, 7) is 1.17. The molecule has 0 unspecified atom stereocenters. The minimum Gasteiger partial charge on any atom is -0.493 e. The number of hydrogen-bond donors (Lipinski definition) is 1. The molecule has 4 aromatic rings. The van der Waals surface area contributed by atoms with E-state index < -0.39 is 0 Å². The fourth-order valence-electron chi connectivity index (χ4n) is 7.13. The van der Waals surface area contributed by atoms with Crippen LogP contribution in [0.25, 0.3) is 5.57 Å². The molecular formula is C42H40N6O6. The number of nitrogens with zero attached hydrogens (tertiary/aromatic N) is 5. The molecule has 0 saturated carbocycles. The van der Waals surface area contributed by atoms with Crippen LogP contribution in [-0.2, 0) is 6.42 Å². The quantitative estimate of drug-likeness (QED) is 0.168. The number of aliphatic imine (C=N–C) groups is 2. The summed E-state index contributed by atoms with van der Waals surface area (Å²) in [5, 5.41) is 6.22. The number of benzene rings is 4. The van der Waals surface area contributed by atoms with Gasteiger partial charge in [-0.25, -0.2) is 5.01 Å². The minimum absolute atomic E-state index is 0.139. The number of methoxy groups -OCH3 is 2. The lowest BCUT2D eigenvalue weighted by molar-refractivity contribution is 0.0755. The van der Waals surface area contributed by atoms with Crippen molar-refractivity contribution in [2.75, 3.05) is 34.0 Å². The van der Waals surface area contributed by atoms with Crippen molar-refractivity contribution in [3.05, 3.63) is 113 Å². The molecule has 2 atom stereocenters. The Bertz CT molecular complexity index is 2230. The van der Waals surface area contributed by atoms with Crippen molar-refractivity contribution in [3.63, 3.8) is 0 Å². The van der Waals surface area contributed by atoms with E-state index in [2.05, 4.69) is 11.1 Å². The highest BCUT2D eigenvalue weighted by atomic mass is 16.5. The van der Waals surface area contributed by atoms with E-state index in [1.54, 1.807) is 42.5 Å². The molecule has 12 heteroatoms. The number of carbonyl (C=O) groups excluding carboxylic acids is 2. The molecule has 4 aromatic carbocycles. The molecule has 2 N–H and O–H groups in total. The van der Waals surface area contributed by atoms with Gasteiger partial charge in [0.1, 0.15) is 0 Å². The molecule has 8 rings (SSSR count). The third-order valence-electron chi connectivity index (χ3n) is 9.91. The Morgan fingerprint density at radius 3 is 2.04 bits per heavy atom. The Balaban J connectivity index is 0.912. The number of rotatable bonds is 12. The first kappa shape index (κ1) is 34.8. The summed E-state index contributed by atoms with van der Waals surface area (Å²) in [6.07, 6.45) is 8.04. The standard InChI is InChI=1S/C42H40N6O6/c1-51-37-19-32-35(44-23-30-17-29(25-47(30)41(32)49)27-9-4-3-5-10-27)21-39(37)53-14-7-15-54-40-22-36-33(20-38(40)52-2)42(50)48-31(24-45-36)18-34(46-48)28-11-6-8-26(16-28)12-13-43/h3-6,8-11,16,19-25,30-31H,7,12-15,17-18,43H2,1-2H3/t30-,31-/m0/s1. The zero-order valence-corrected chi connectivity index (χ0v) is 30.1. The molecule has 274 valence electrons. The smallest absolute Gasteiger partial charge is 0.276 e. The van der Waals surface area contributed by atoms with Crippen LogP contribution in [-0.4, -0.2) is 85.9 Å². The van der Waals surface area contributed by atoms with Crippen molar-refractivity contribution in [2.45, 2.75) is 37.8 Å². The Morgan fingerprint density at radius 2 is 1.37 bits per heavy atom. The Hall–Kier alpha value is -6.27. The van der Waals surface area contributed by atoms with Gasteiger partial charge in [-0.2, -0.15) is 5.10 Å². The van der Waals surface area contributed by atoms with Gasteiger partial charge in [-0.1, -0.05) is 48.5 Å². The lowest BCUT2D eigenvalue weighted by Crippen LogP contribution is -2.32. The van der Waals surface area contributed by atoms with Gasteiger partial charge in [-0.05, 0) is 53.4 Å². The molecule has 12 nitrogen and oxygen atoms in total. The molecule has 0 radical (unpaired) electrons. The summed E-state index contributed by atoms with van der Waals surface area (Å²) in [5.41, 5.74) is 12.7. The number of hydrazone groups is 1. The second kappa shape index (κ2) is 15.0. The van der Waals surface area contributed by atoms with Gasteiger partial charge in [0.15, 0.2) is 23.0 Å². The summed E-state index contributed by atoms with van der Waals surface area (Å²) in [5.74, 6) is 1.40. The van der Waals surface area contributed by atoms with E-state index in [0.717, 1.165) is 34.4 Å². The monoisotopic (exact) mass is 724 g/mol. The van der Waals surface area contributed by atoms with Crippen LogP contribution in [0.3, 0.4) is 0 Å². The highest BCUT2D eigenvalue weighted by Gasteiger charge is 2.36. The first-order valence-electron chi connectivity index (χ1n) is 18.0. The largest absolute Gasteiger partial charge is 0.493 e. The summed E-state index contributed by atoms with van der Waals surface area (Å²) >= 11 is 0. The van der Waals surface area contributed by atoms with Crippen molar-refractivity contribution in [1.82, 2.24) is 9.91 Å². The number of hydrogen-bond acceptors (Lipinski definition) is 10. The molecule has 0 saturated heterocycles. The average molecular weight is 725 g/mol. The molecular weight excluding hydrogens is 684 g/mol. The second-order valence-electron chi connectivity index (χ2n) is 13.4. The molecule has 0 spiro atoms.